The first-order chi connectivity index (χ1) is 13.2. The molecule has 1 heterocycles. The lowest BCUT2D eigenvalue weighted by Crippen LogP contribution is -2.42. The van der Waals surface area contributed by atoms with Gasteiger partial charge in [-0.1, -0.05) is 6.07 Å². The average Bonchev–Trinajstić information content (AvgIpc) is 2.64. The summed E-state index contributed by atoms with van der Waals surface area (Å²) in [5, 5.41) is 21.1. The Kier molecular flexibility index (Phi) is 7.88. The van der Waals surface area contributed by atoms with Gasteiger partial charge in [0.15, 0.2) is 0 Å². The number of rotatable bonds is 7. The maximum absolute atomic E-state index is 14.1. The number of hydrogen-bond acceptors (Lipinski definition) is 6. The molecule has 0 bridgehead atoms. The molecule has 1 aromatic rings. The van der Waals surface area contributed by atoms with Crippen LogP contribution in [0.2, 0.25) is 0 Å². The maximum Gasteiger partial charge on any atom is 0.410 e. The Labute approximate surface area is 165 Å². The zero-order chi connectivity index (χ0) is 20.7. The number of nitrogens with zero attached hydrogens (tertiary/aromatic N) is 1. The van der Waals surface area contributed by atoms with E-state index in [-0.39, 0.29) is 24.2 Å². The number of halogens is 1. The lowest BCUT2D eigenvalue weighted by molar-refractivity contribution is 0.0165. The van der Waals surface area contributed by atoms with Gasteiger partial charge in [-0.2, -0.15) is 0 Å². The Hall–Kier alpha value is -2.06. The molecule has 1 amide bonds. The van der Waals surface area contributed by atoms with E-state index in [1.165, 1.54) is 6.07 Å². The number of para-hydroxylation sites is 1. The summed E-state index contributed by atoms with van der Waals surface area (Å²) in [7, 11) is 0. The van der Waals surface area contributed by atoms with Crippen molar-refractivity contribution < 1.29 is 28.9 Å². The predicted octanol–water partition coefficient (Wildman–Crippen LogP) is 2.62. The number of carbonyl (C=O) groups excluding carboxylic acids is 1. The van der Waals surface area contributed by atoms with Gasteiger partial charge in [0.1, 0.15) is 22.9 Å². The lowest BCUT2D eigenvalue weighted by Gasteiger charge is -2.33. The number of aliphatic hydroxyl groups is 2. The van der Waals surface area contributed by atoms with Crippen molar-refractivity contribution in [1.82, 2.24) is 4.90 Å². The van der Waals surface area contributed by atoms with Crippen LogP contribution in [0, 0.1) is 11.7 Å². The third-order valence-corrected chi connectivity index (χ3v) is 4.44. The SMILES string of the molecule is CC(C)(C)OC(=O)N1CCC(COc2cccc(F)c2NCC(O)CO)CC1. The fourth-order valence-electron chi connectivity index (χ4n) is 2.90. The molecule has 1 unspecified atom stereocenters. The smallest absolute Gasteiger partial charge is 0.410 e. The zero-order valence-corrected chi connectivity index (χ0v) is 16.8. The molecule has 0 aliphatic carbocycles. The first kappa shape index (κ1) is 22.2. The van der Waals surface area contributed by atoms with E-state index in [0.717, 1.165) is 12.8 Å². The number of carbonyl (C=O) groups is 1. The molecule has 0 aromatic heterocycles. The number of nitrogens with one attached hydrogen (secondary N) is 1. The van der Waals surface area contributed by atoms with E-state index in [9.17, 15) is 14.3 Å². The minimum atomic E-state index is -0.982. The molecule has 1 aliphatic heterocycles. The van der Waals surface area contributed by atoms with Gasteiger partial charge in [0.2, 0.25) is 0 Å². The Bertz CT molecular complexity index is 642. The van der Waals surface area contributed by atoms with Gasteiger partial charge in [-0.25, -0.2) is 9.18 Å². The fraction of sp³-hybridized carbons (Fsp3) is 0.650. The van der Waals surface area contributed by atoms with Crippen LogP contribution in [-0.4, -0.2) is 65.8 Å². The summed E-state index contributed by atoms with van der Waals surface area (Å²) in [6.07, 6.45) is 0.275. The van der Waals surface area contributed by atoms with Crippen LogP contribution in [-0.2, 0) is 4.74 Å². The van der Waals surface area contributed by atoms with E-state index in [2.05, 4.69) is 5.32 Å². The number of amides is 1. The largest absolute Gasteiger partial charge is 0.491 e. The Balaban J connectivity index is 1.85. The summed E-state index contributed by atoms with van der Waals surface area (Å²) in [6, 6.07) is 4.52. The number of benzene rings is 1. The highest BCUT2D eigenvalue weighted by Gasteiger charge is 2.27. The van der Waals surface area contributed by atoms with Crippen molar-refractivity contribution in [3.8, 4) is 5.75 Å². The monoisotopic (exact) mass is 398 g/mol. The van der Waals surface area contributed by atoms with Crippen molar-refractivity contribution in [2.45, 2.75) is 45.3 Å². The van der Waals surface area contributed by atoms with Gasteiger partial charge in [-0.05, 0) is 51.7 Å². The normalized spacial score (nSPS) is 16.6. The highest BCUT2D eigenvalue weighted by Crippen LogP contribution is 2.29. The van der Waals surface area contributed by atoms with Crippen molar-refractivity contribution in [3.63, 3.8) is 0 Å². The van der Waals surface area contributed by atoms with Crippen LogP contribution in [0.1, 0.15) is 33.6 Å². The molecule has 2 rings (SSSR count). The Morgan fingerprint density at radius 1 is 1.36 bits per heavy atom. The summed E-state index contributed by atoms with van der Waals surface area (Å²) in [6.45, 7) is 6.74. The number of anilines is 1. The third-order valence-electron chi connectivity index (χ3n) is 4.44. The molecular formula is C20H31FN2O5. The molecular weight excluding hydrogens is 367 g/mol. The molecule has 158 valence electrons. The van der Waals surface area contributed by atoms with Gasteiger partial charge in [0.05, 0.1) is 19.3 Å². The van der Waals surface area contributed by atoms with E-state index in [4.69, 9.17) is 14.6 Å². The van der Waals surface area contributed by atoms with Gasteiger partial charge >= 0.3 is 6.09 Å². The second-order valence-corrected chi connectivity index (χ2v) is 8.05. The molecule has 0 saturated carbocycles. The number of piperidine rings is 1. The van der Waals surface area contributed by atoms with E-state index < -0.39 is 24.1 Å². The second kappa shape index (κ2) is 9.93. The molecule has 8 heteroatoms. The maximum atomic E-state index is 14.1. The molecule has 1 aromatic carbocycles. The van der Waals surface area contributed by atoms with Crippen molar-refractivity contribution in [2.75, 3.05) is 38.2 Å². The highest BCUT2D eigenvalue weighted by molar-refractivity contribution is 5.68. The molecule has 1 atom stereocenters. The van der Waals surface area contributed by atoms with Crippen LogP contribution in [0.3, 0.4) is 0 Å². The molecule has 28 heavy (non-hydrogen) atoms. The predicted molar refractivity (Wildman–Crippen MR) is 104 cm³/mol. The standard InChI is InChI=1S/C20H31FN2O5/c1-20(2,3)28-19(26)23-9-7-14(8-10-23)13-27-17-6-4-5-16(21)18(17)22-11-15(25)12-24/h4-6,14-15,22,24-25H,7-13H2,1-3H3. The van der Waals surface area contributed by atoms with Gasteiger partial charge in [-0.3, -0.25) is 0 Å². The lowest BCUT2D eigenvalue weighted by atomic mass is 9.98. The Morgan fingerprint density at radius 2 is 2.04 bits per heavy atom. The van der Waals surface area contributed by atoms with Crippen LogP contribution in [0.4, 0.5) is 14.9 Å². The quantitative estimate of drug-likeness (QED) is 0.654. The van der Waals surface area contributed by atoms with Crippen LogP contribution in [0.15, 0.2) is 18.2 Å². The van der Waals surface area contributed by atoms with Crippen molar-refractivity contribution >= 4 is 11.8 Å². The van der Waals surface area contributed by atoms with Gasteiger partial charge < -0.3 is 29.9 Å². The molecule has 1 saturated heterocycles. The zero-order valence-electron chi connectivity index (χ0n) is 16.8. The van der Waals surface area contributed by atoms with Crippen LogP contribution >= 0.6 is 0 Å². The summed E-state index contributed by atoms with van der Waals surface area (Å²) >= 11 is 0. The minimum absolute atomic E-state index is 0.0159. The van der Waals surface area contributed by atoms with Crippen molar-refractivity contribution in [1.29, 1.82) is 0 Å². The fourth-order valence-corrected chi connectivity index (χ4v) is 2.90. The van der Waals surface area contributed by atoms with E-state index >= 15 is 0 Å². The summed E-state index contributed by atoms with van der Waals surface area (Å²) in [5.74, 6) is 0.125. The number of ether oxygens (including phenoxy) is 2. The molecule has 7 nitrogen and oxygen atoms in total. The molecule has 1 fully saturated rings. The minimum Gasteiger partial charge on any atom is -0.491 e. The van der Waals surface area contributed by atoms with E-state index in [1.807, 2.05) is 20.8 Å². The number of aliphatic hydroxyl groups excluding tert-OH is 2. The molecule has 0 radical (unpaired) electrons. The van der Waals surface area contributed by atoms with Crippen molar-refractivity contribution in [2.24, 2.45) is 5.92 Å². The molecule has 3 N–H and O–H groups in total. The highest BCUT2D eigenvalue weighted by atomic mass is 19.1. The number of likely N-dealkylation sites (tertiary alicyclic amines) is 1. The average molecular weight is 398 g/mol. The molecule has 0 spiro atoms. The van der Waals surface area contributed by atoms with E-state index in [0.29, 0.717) is 25.4 Å². The van der Waals surface area contributed by atoms with Crippen LogP contribution in [0.25, 0.3) is 0 Å². The van der Waals surface area contributed by atoms with Crippen LogP contribution in [0.5, 0.6) is 5.75 Å². The second-order valence-electron chi connectivity index (χ2n) is 8.05. The summed E-state index contributed by atoms with van der Waals surface area (Å²) < 4.78 is 25.3. The van der Waals surface area contributed by atoms with E-state index in [1.54, 1.807) is 17.0 Å². The Morgan fingerprint density at radius 3 is 2.64 bits per heavy atom. The third kappa shape index (κ3) is 6.83. The van der Waals surface area contributed by atoms with Gasteiger partial charge in [0, 0.05) is 19.6 Å². The topological polar surface area (TPSA) is 91.3 Å². The first-order valence-corrected chi connectivity index (χ1v) is 9.61. The number of hydrogen-bond donors (Lipinski definition) is 3. The van der Waals surface area contributed by atoms with Gasteiger partial charge in [-0.15, -0.1) is 0 Å². The first-order valence-electron chi connectivity index (χ1n) is 9.61. The van der Waals surface area contributed by atoms with Gasteiger partial charge in [0.25, 0.3) is 0 Å². The van der Waals surface area contributed by atoms with Crippen molar-refractivity contribution in [3.05, 3.63) is 24.0 Å². The molecule has 1 aliphatic rings. The summed E-state index contributed by atoms with van der Waals surface area (Å²) in [5.41, 5.74) is -0.345. The summed E-state index contributed by atoms with van der Waals surface area (Å²) in [4.78, 5) is 13.8. The van der Waals surface area contributed by atoms with Crippen LogP contribution < -0.4 is 10.1 Å².